The van der Waals surface area contributed by atoms with Crippen LogP contribution in [0.15, 0.2) is 60.1 Å². The molecule has 2 aromatic carbocycles. The largest absolute Gasteiger partial charge is 0.465 e. The van der Waals surface area contributed by atoms with Crippen molar-refractivity contribution in [1.82, 2.24) is 29.5 Å². The summed E-state index contributed by atoms with van der Waals surface area (Å²) in [6.07, 6.45) is 0.825. The number of carbonyl (C=O) groups is 4. The number of aromatic nitrogens is 3. The molecule has 240 valence electrons. The number of rotatable bonds is 7. The summed E-state index contributed by atoms with van der Waals surface area (Å²) in [5.74, 6) is -0.477. The van der Waals surface area contributed by atoms with Gasteiger partial charge in [-0.1, -0.05) is 39.0 Å². The van der Waals surface area contributed by atoms with Crippen molar-refractivity contribution in [2.24, 2.45) is 5.41 Å². The first-order chi connectivity index (χ1) is 22.0. The summed E-state index contributed by atoms with van der Waals surface area (Å²) in [4.78, 5) is 59.7. The highest BCUT2D eigenvalue weighted by Gasteiger charge is 2.48. The predicted octanol–water partition coefficient (Wildman–Crippen LogP) is 3.92. The van der Waals surface area contributed by atoms with Crippen LogP contribution in [0.3, 0.4) is 0 Å². The first-order valence-electron chi connectivity index (χ1n) is 15.1. The third-order valence-electron chi connectivity index (χ3n) is 8.34. The number of nitrogens with one attached hydrogen (secondary N) is 2. The number of fused-ring (bicyclic) bond motifs is 1. The number of nitrogens with zero attached hydrogens (tertiary/aromatic N) is 6. The van der Waals surface area contributed by atoms with Gasteiger partial charge in [-0.25, -0.2) is 9.78 Å². The van der Waals surface area contributed by atoms with Gasteiger partial charge >= 0.3 is 6.09 Å². The molecule has 4 amide bonds. The molecule has 2 aromatic heterocycles. The fraction of sp³-hybridized carbons (Fsp3) is 0.375. The Bertz CT molecular complexity index is 1770. The van der Waals surface area contributed by atoms with Gasteiger partial charge in [-0.15, -0.1) is 11.3 Å². The third kappa shape index (κ3) is 6.52. The summed E-state index contributed by atoms with van der Waals surface area (Å²) in [6, 6.07) is 14.2. The molecule has 3 N–H and O–H groups in total. The van der Waals surface area contributed by atoms with Gasteiger partial charge in [-0.2, -0.15) is 5.10 Å². The van der Waals surface area contributed by atoms with E-state index in [-0.39, 0.29) is 47.5 Å². The van der Waals surface area contributed by atoms with Gasteiger partial charge in [-0.3, -0.25) is 19.1 Å². The van der Waals surface area contributed by atoms with Crippen LogP contribution in [0.25, 0.3) is 10.9 Å². The maximum atomic E-state index is 13.0. The highest BCUT2D eigenvalue weighted by atomic mass is 32.1. The molecule has 2 unspecified atom stereocenters. The fourth-order valence-corrected chi connectivity index (χ4v) is 6.85. The van der Waals surface area contributed by atoms with E-state index in [1.165, 1.54) is 16.2 Å². The quantitative estimate of drug-likeness (QED) is 0.274. The molecule has 2 aliphatic rings. The van der Waals surface area contributed by atoms with E-state index in [0.29, 0.717) is 54.6 Å². The van der Waals surface area contributed by atoms with Crippen molar-refractivity contribution in [3.8, 4) is 0 Å². The van der Waals surface area contributed by atoms with Crippen LogP contribution in [0.1, 0.15) is 41.6 Å². The molecule has 4 aromatic rings. The normalized spacial score (nSPS) is 18.3. The minimum Gasteiger partial charge on any atom is -0.465 e. The second-order valence-corrected chi connectivity index (χ2v) is 13.5. The standard InChI is InChI=1S/C32H36N8O5S/c1-32(2,3)27-24(17-40(27)31(44)45)34-30-35-25(19-46-30)28(42)33-22-9-10-23-21(15-22)16-39(36-23)18-26(41)37-11-13-38(14-12-37)29(43)20-7-5-4-6-8-20/h4-10,15-16,19,24,27H,11-14,17-18H2,1-3H3,(H,33,42)(H,34,35)(H,44,45). The Kier molecular flexibility index (Phi) is 8.38. The van der Waals surface area contributed by atoms with Crippen LogP contribution in [-0.4, -0.2) is 103 Å². The van der Waals surface area contributed by atoms with Gasteiger partial charge in [0.1, 0.15) is 12.2 Å². The lowest BCUT2D eigenvalue weighted by atomic mass is 9.76. The Morgan fingerprint density at radius 3 is 2.41 bits per heavy atom. The second kappa shape index (κ2) is 12.4. The number of amides is 4. The Hall–Kier alpha value is -4.98. The number of hydrogen-bond acceptors (Lipinski definition) is 8. The molecule has 4 heterocycles. The zero-order chi connectivity index (χ0) is 32.6. The SMILES string of the molecule is CC(C)(C)C1C(Nc2nc(C(=O)Nc3ccc4nn(CC(=O)N5CCN(C(=O)c6ccccc6)CC5)cc4c3)cs2)CN1C(=O)O. The molecule has 14 heteroatoms. The van der Waals surface area contributed by atoms with Crippen LogP contribution in [-0.2, 0) is 11.3 Å². The first kappa shape index (κ1) is 31.0. The molecular formula is C32H36N8O5S. The first-order valence-corrected chi connectivity index (χ1v) is 16.0. The number of thiazole rings is 1. The van der Waals surface area contributed by atoms with Gasteiger partial charge < -0.3 is 30.4 Å². The van der Waals surface area contributed by atoms with Crippen molar-refractivity contribution >= 4 is 56.9 Å². The molecule has 0 aliphatic carbocycles. The average molecular weight is 645 g/mol. The van der Waals surface area contributed by atoms with E-state index in [0.717, 1.165) is 5.39 Å². The van der Waals surface area contributed by atoms with Crippen molar-refractivity contribution in [3.05, 3.63) is 71.4 Å². The number of carboxylic acid groups (broad SMARTS) is 1. The minimum absolute atomic E-state index is 0.0299. The average Bonchev–Trinajstić information content (AvgIpc) is 3.64. The smallest absolute Gasteiger partial charge is 0.407 e. The third-order valence-corrected chi connectivity index (χ3v) is 9.11. The van der Waals surface area contributed by atoms with E-state index in [1.807, 2.05) is 39.0 Å². The molecule has 0 spiro atoms. The molecule has 2 atom stereocenters. The van der Waals surface area contributed by atoms with Crippen molar-refractivity contribution < 1.29 is 24.3 Å². The Morgan fingerprint density at radius 2 is 1.72 bits per heavy atom. The maximum Gasteiger partial charge on any atom is 0.407 e. The van der Waals surface area contributed by atoms with Gasteiger partial charge in [0, 0.05) is 60.9 Å². The van der Waals surface area contributed by atoms with E-state index in [9.17, 15) is 24.3 Å². The van der Waals surface area contributed by atoms with Crippen molar-refractivity contribution in [3.63, 3.8) is 0 Å². The number of anilines is 2. The fourth-order valence-electron chi connectivity index (χ4n) is 6.09. The molecular weight excluding hydrogens is 608 g/mol. The van der Waals surface area contributed by atoms with Crippen molar-refractivity contribution in [2.75, 3.05) is 43.4 Å². The Morgan fingerprint density at radius 1 is 1.00 bits per heavy atom. The Labute approximate surface area is 269 Å². The summed E-state index contributed by atoms with van der Waals surface area (Å²) in [6.45, 7) is 8.29. The van der Waals surface area contributed by atoms with E-state index >= 15 is 0 Å². The van der Waals surface area contributed by atoms with Crippen LogP contribution >= 0.6 is 11.3 Å². The molecule has 0 saturated carbocycles. The molecule has 2 saturated heterocycles. The van der Waals surface area contributed by atoms with Crippen molar-refractivity contribution in [1.29, 1.82) is 0 Å². The highest BCUT2D eigenvalue weighted by Crippen LogP contribution is 2.36. The molecule has 46 heavy (non-hydrogen) atoms. The summed E-state index contributed by atoms with van der Waals surface area (Å²) in [7, 11) is 0. The zero-order valence-corrected chi connectivity index (χ0v) is 26.7. The number of hydrogen-bond donors (Lipinski definition) is 3. The van der Waals surface area contributed by atoms with Crippen LogP contribution in [0.4, 0.5) is 15.6 Å². The highest BCUT2D eigenvalue weighted by molar-refractivity contribution is 7.13. The lowest BCUT2D eigenvalue weighted by molar-refractivity contribution is -0.133. The minimum atomic E-state index is -0.946. The van der Waals surface area contributed by atoms with Gasteiger partial charge in [0.2, 0.25) is 5.91 Å². The van der Waals surface area contributed by atoms with E-state index in [1.54, 1.807) is 56.4 Å². The number of piperazine rings is 1. The summed E-state index contributed by atoms with van der Waals surface area (Å²) < 4.78 is 1.59. The topological polar surface area (TPSA) is 153 Å². The number of likely N-dealkylation sites (tertiary alicyclic amines) is 1. The van der Waals surface area contributed by atoms with Crippen LogP contribution in [0, 0.1) is 5.41 Å². The zero-order valence-electron chi connectivity index (χ0n) is 25.8. The van der Waals surface area contributed by atoms with Crippen LogP contribution in [0.2, 0.25) is 0 Å². The summed E-state index contributed by atoms with van der Waals surface area (Å²) in [5, 5.41) is 23.2. The molecule has 0 bridgehead atoms. The monoisotopic (exact) mass is 644 g/mol. The predicted molar refractivity (Wildman–Crippen MR) is 174 cm³/mol. The van der Waals surface area contributed by atoms with E-state index in [4.69, 9.17) is 0 Å². The molecule has 2 aliphatic heterocycles. The number of benzene rings is 2. The molecule has 2 fully saturated rings. The lowest BCUT2D eigenvalue weighted by Crippen LogP contribution is -2.69. The van der Waals surface area contributed by atoms with E-state index < -0.39 is 6.09 Å². The van der Waals surface area contributed by atoms with Gasteiger partial charge in [0.05, 0.1) is 17.6 Å². The Balaban J connectivity index is 1.02. The van der Waals surface area contributed by atoms with E-state index in [2.05, 4.69) is 20.7 Å². The van der Waals surface area contributed by atoms with Gasteiger partial charge in [0.25, 0.3) is 11.8 Å². The molecule has 13 nitrogen and oxygen atoms in total. The second-order valence-electron chi connectivity index (χ2n) is 12.6. The molecule has 6 rings (SSSR count). The maximum absolute atomic E-state index is 13.0. The van der Waals surface area contributed by atoms with Gasteiger partial charge in [-0.05, 0) is 35.7 Å². The van der Waals surface area contributed by atoms with Gasteiger partial charge in [0.15, 0.2) is 5.13 Å². The number of carbonyl (C=O) groups excluding carboxylic acids is 3. The van der Waals surface area contributed by atoms with Crippen LogP contribution in [0.5, 0.6) is 0 Å². The summed E-state index contributed by atoms with van der Waals surface area (Å²) >= 11 is 1.29. The van der Waals surface area contributed by atoms with Crippen molar-refractivity contribution in [2.45, 2.75) is 39.4 Å². The summed E-state index contributed by atoms with van der Waals surface area (Å²) in [5.41, 5.74) is 1.89. The molecule has 0 radical (unpaired) electrons. The van der Waals surface area contributed by atoms with Crippen LogP contribution < -0.4 is 10.6 Å². The lowest BCUT2D eigenvalue weighted by Gasteiger charge is -2.52.